The van der Waals surface area contributed by atoms with E-state index in [-0.39, 0.29) is 6.09 Å². The normalized spacial score (nSPS) is 31.4. The van der Waals surface area contributed by atoms with E-state index in [4.69, 9.17) is 17.0 Å². The largest absolute Gasteiger partial charge is 0.450 e. The second-order valence-electron chi connectivity index (χ2n) is 6.40. The Morgan fingerprint density at radius 3 is 2.48 bits per heavy atom. The van der Waals surface area contributed by atoms with Crippen molar-refractivity contribution in [2.24, 2.45) is 11.8 Å². The lowest BCUT2D eigenvalue weighted by atomic mass is 9.95. The molecule has 1 saturated heterocycles. The highest BCUT2D eigenvalue weighted by Crippen LogP contribution is 2.44. The van der Waals surface area contributed by atoms with E-state index in [1.165, 1.54) is 25.7 Å². The maximum atomic E-state index is 11.7. The molecule has 118 valence electrons. The molecule has 0 aromatic heterocycles. The zero-order valence-electron chi connectivity index (χ0n) is 12.7. The summed E-state index contributed by atoms with van der Waals surface area (Å²) < 4.78 is 5.04. The van der Waals surface area contributed by atoms with Crippen molar-refractivity contribution in [3.8, 4) is 0 Å². The Labute approximate surface area is 132 Å². The SMILES string of the molecule is CCOC(=O)N1CCN(C(=S)N[C@@H]2C[C@H]3CC[C@@H]2C3)CC1. The minimum atomic E-state index is -0.205. The average Bonchev–Trinajstić information content (AvgIpc) is 3.10. The summed E-state index contributed by atoms with van der Waals surface area (Å²) in [5.74, 6) is 1.75. The van der Waals surface area contributed by atoms with Crippen LogP contribution in [-0.4, -0.2) is 59.8 Å². The van der Waals surface area contributed by atoms with Gasteiger partial charge in [-0.1, -0.05) is 6.42 Å². The molecule has 2 saturated carbocycles. The Hall–Kier alpha value is -1.04. The summed E-state index contributed by atoms with van der Waals surface area (Å²) in [6.07, 6.45) is 5.24. The maximum absolute atomic E-state index is 11.7. The molecule has 2 bridgehead atoms. The van der Waals surface area contributed by atoms with Crippen LogP contribution in [0.5, 0.6) is 0 Å². The summed E-state index contributed by atoms with van der Waals surface area (Å²) in [5.41, 5.74) is 0. The molecule has 0 aromatic carbocycles. The van der Waals surface area contributed by atoms with Gasteiger partial charge in [0.05, 0.1) is 6.61 Å². The van der Waals surface area contributed by atoms with E-state index in [0.29, 0.717) is 25.7 Å². The molecule has 0 unspecified atom stereocenters. The van der Waals surface area contributed by atoms with Crippen LogP contribution in [-0.2, 0) is 4.74 Å². The van der Waals surface area contributed by atoms with E-state index < -0.39 is 0 Å². The van der Waals surface area contributed by atoms with Gasteiger partial charge in [-0.15, -0.1) is 0 Å². The summed E-state index contributed by atoms with van der Waals surface area (Å²) >= 11 is 5.56. The van der Waals surface area contributed by atoms with Crippen molar-refractivity contribution >= 4 is 23.4 Å². The van der Waals surface area contributed by atoms with E-state index in [1.807, 2.05) is 6.92 Å². The third kappa shape index (κ3) is 3.25. The summed E-state index contributed by atoms with van der Waals surface area (Å²) in [5, 5.41) is 4.44. The zero-order valence-corrected chi connectivity index (χ0v) is 13.5. The first-order valence-electron chi connectivity index (χ1n) is 8.14. The van der Waals surface area contributed by atoms with Crippen molar-refractivity contribution in [2.45, 2.75) is 38.6 Å². The Morgan fingerprint density at radius 1 is 1.19 bits per heavy atom. The molecule has 2 aliphatic carbocycles. The lowest BCUT2D eigenvalue weighted by Gasteiger charge is -2.37. The lowest BCUT2D eigenvalue weighted by molar-refractivity contribution is 0.0916. The number of nitrogens with zero attached hydrogens (tertiary/aromatic N) is 2. The standard InChI is InChI=1S/C15H25N3O2S/c1-2-20-15(19)18-7-5-17(6-8-18)14(21)16-13-10-11-3-4-12(13)9-11/h11-13H,2-10H2,1H3,(H,16,21)/t11-,12+,13+/m0/s1. The zero-order chi connectivity index (χ0) is 14.8. The fourth-order valence-corrected chi connectivity index (χ4v) is 4.31. The Balaban J connectivity index is 1.44. The highest BCUT2D eigenvalue weighted by Gasteiger charge is 2.40. The number of carbonyl (C=O) groups excluding carboxylic acids is 1. The Bertz CT molecular complexity index is 410. The second kappa shape index (κ2) is 6.38. The van der Waals surface area contributed by atoms with Crippen LogP contribution in [0.15, 0.2) is 0 Å². The van der Waals surface area contributed by atoms with Crippen molar-refractivity contribution in [1.29, 1.82) is 0 Å². The molecular weight excluding hydrogens is 286 g/mol. The molecule has 0 aromatic rings. The van der Waals surface area contributed by atoms with Gasteiger partial charge in [0.15, 0.2) is 5.11 Å². The van der Waals surface area contributed by atoms with E-state index in [2.05, 4.69) is 10.2 Å². The lowest BCUT2D eigenvalue weighted by Crippen LogP contribution is -2.55. The van der Waals surface area contributed by atoms with Crippen LogP contribution in [0.2, 0.25) is 0 Å². The van der Waals surface area contributed by atoms with Gasteiger partial charge < -0.3 is 19.9 Å². The number of carbonyl (C=O) groups is 1. The number of thiocarbonyl (C=S) groups is 1. The number of nitrogens with one attached hydrogen (secondary N) is 1. The van der Waals surface area contributed by atoms with Gasteiger partial charge in [0.1, 0.15) is 0 Å². The molecule has 1 N–H and O–H groups in total. The molecule has 1 amide bonds. The van der Waals surface area contributed by atoms with Crippen molar-refractivity contribution in [2.75, 3.05) is 32.8 Å². The van der Waals surface area contributed by atoms with Crippen LogP contribution in [0, 0.1) is 11.8 Å². The topological polar surface area (TPSA) is 44.8 Å². The number of amides is 1. The monoisotopic (exact) mass is 311 g/mol. The molecule has 21 heavy (non-hydrogen) atoms. The highest BCUT2D eigenvalue weighted by molar-refractivity contribution is 7.80. The highest BCUT2D eigenvalue weighted by atomic mass is 32.1. The van der Waals surface area contributed by atoms with Crippen molar-refractivity contribution in [3.63, 3.8) is 0 Å². The smallest absolute Gasteiger partial charge is 0.409 e. The van der Waals surface area contributed by atoms with Crippen molar-refractivity contribution in [3.05, 3.63) is 0 Å². The number of hydrogen-bond donors (Lipinski definition) is 1. The predicted octanol–water partition coefficient (Wildman–Crippen LogP) is 1.82. The summed E-state index contributed by atoms with van der Waals surface area (Å²) in [7, 11) is 0. The number of ether oxygens (including phenoxy) is 1. The average molecular weight is 311 g/mol. The number of rotatable bonds is 2. The maximum Gasteiger partial charge on any atom is 0.409 e. The van der Waals surface area contributed by atoms with Crippen LogP contribution in [0.4, 0.5) is 4.79 Å². The van der Waals surface area contributed by atoms with Crippen LogP contribution < -0.4 is 5.32 Å². The molecule has 6 heteroatoms. The molecule has 3 rings (SSSR count). The molecule has 3 fully saturated rings. The van der Waals surface area contributed by atoms with Crippen LogP contribution >= 0.6 is 12.2 Å². The van der Waals surface area contributed by atoms with Crippen LogP contribution in [0.1, 0.15) is 32.6 Å². The quantitative estimate of drug-likeness (QED) is 0.788. The minimum Gasteiger partial charge on any atom is -0.450 e. The van der Waals surface area contributed by atoms with E-state index in [9.17, 15) is 4.79 Å². The summed E-state index contributed by atoms with van der Waals surface area (Å²) in [6, 6.07) is 0.583. The number of hydrogen-bond acceptors (Lipinski definition) is 3. The molecule has 0 spiro atoms. The fraction of sp³-hybridized carbons (Fsp3) is 0.867. The van der Waals surface area contributed by atoms with Crippen LogP contribution in [0.3, 0.4) is 0 Å². The van der Waals surface area contributed by atoms with Gasteiger partial charge in [0, 0.05) is 32.2 Å². The Kier molecular flexibility index (Phi) is 4.52. The first-order valence-corrected chi connectivity index (χ1v) is 8.55. The third-order valence-electron chi connectivity index (χ3n) is 5.14. The molecular formula is C15H25N3O2S. The molecule has 1 aliphatic heterocycles. The van der Waals surface area contributed by atoms with E-state index >= 15 is 0 Å². The molecule has 0 radical (unpaired) electrons. The molecule has 3 aliphatic rings. The van der Waals surface area contributed by atoms with Gasteiger partial charge in [0.25, 0.3) is 0 Å². The van der Waals surface area contributed by atoms with Gasteiger partial charge in [-0.25, -0.2) is 4.79 Å². The van der Waals surface area contributed by atoms with E-state index in [1.54, 1.807) is 4.90 Å². The van der Waals surface area contributed by atoms with Crippen molar-refractivity contribution in [1.82, 2.24) is 15.1 Å². The van der Waals surface area contributed by atoms with Gasteiger partial charge >= 0.3 is 6.09 Å². The predicted molar refractivity (Wildman–Crippen MR) is 85.1 cm³/mol. The fourth-order valence-electron chi connectivity index (χ4n) is 3.98. The molecule has 5 nitrogen and oxygen atoms in total. The first kappa shape index (κ1) is 14.9. The van der Waals surface area contributed by atoms with Crippen molar-refractivity contribution < 1.29 is 9.53 Å². The summed E-state index contributed by atoms with van der Waals surface area (Å²) in [4.78, 5) is 15.6. The minimum absolute atomic E-state index is 0.205. The second-order valence-corrected chi connectivity index (χ2v) is 6.79. The van der Waals surface area contributed by atoms with E-state index in [0.717, 1.165) is 30.0 Å². The van der Waals surface area contributed by atoms with Gasteiger partial charge in [-0.05, 0) is 50.2 Å². The number of piperazine rings is 1. The summed E-state index contributed by atoms with van der Waals surface area (Å²) in [6.45, 7) is 5.25. The third-order valence-corrected chi connectivity index (χ3v) is 5.52. The van der Waals surface area contributed by atoms with Gasteiger partial charge in [-0.3, -0.25) is 0 Å². The molecule has 1 heterocycles. The van der Waals surface area contributed by atoms with Gasteiger partial charge in [-0.2, -0.15) is 0 Å². The Morgan fingerprint density at radius 2 is 1.90 bits per heavy atom. The first-order chi connectivity index (χ1) is 10.2. The molecule has 3 atom stereocenters. The van der Waals surface area contributed by atoms with Gasteiger partial charge in [0.2, 0.25) is 0 Å². The van der Waals surface area contributed by atoms with Crippen LogP contribution in [0.25, 0.3) is 0 Å². The number of fused-ring (bicyclic) bond motifs is 2.